The summed E-state index contributed by atoms with van der Waals surface area (Å²) in [5.41, 5.74) is 1.26. The molecule has 0 fully saturated rings. The van der Waals surface area contributed by atoms with Crippen LogP contribution in [0.5, 0.6) is 11.5 Å². The van der Waals surface area contributed by atoms with Gasteiger partial charge < -0.3 is 14.8 Å². The van der Waals surface area contributed by atoms with Gasteiger partial charge in [0.25, 0.3) is 0 Å². The zero-order chi connectivity index (χ0) is 14.9. The first-order valence-electron chi connectivity index (χ1n) is 6.83. The Labute approximate surface area is 125 Å². The molecule has 0 amide bonds. The van der Waals surface area contributed by atoms with Gasteiger partial charge in [0, 0.05) is 17.5 Å². The number of hydrogen-bond acceptors (Lipinski definition) is 5. The van der Waals surface area contributed by atoms with Gasteiger partial charge in [-0.15, -0.1) is 0 Å². The third-order valence-corrected chi connectivity index (χ3v) is 3.54. The lowest BCUT2D eigenvalue weighted by Gasteiger charge is -2.10. The van der Waals surface area contributed by atoms with E-state index in [1.807, 2.05) is 18.2 Å². The van der Waals surface area contributed by atoms with Gasteiger partial charge in [0.1, 0.15) is 23.5 Å². The van der Waals surface area contributed by atoms with E-state index in [4.69, 9.17) is 9.47 Å². The van der Waals surface area contributed by atoms with Crippen LogP contribution in [0.15, 0.2) is 42.7 Å². The van der Waals surface area contributed by atoms with Crippen molar-refractivity contribution in [3.8, 4) is 11.5 Å². The van der Waals surface area contributed by atoms with E-state index < -0.39 is 0 Å². The molecule has 0 saturated heterocycles. The van der Waals surface area contributed by atoms with Crippen molar-refractivity contribution in [1.82, 2.24) is 9.97 Å². The summed E-state index contributed by atoms with van der Waals surface area (Å²) in [5.74, 6) is 1.69. The van der Waals surface area contributed by atoms with Gasteiger partial charge in [0.15, 0.2) is 11.5 Å². The molecule has 3 aromatic rings. The van der Waals surface area contributed by atoms with E-state index >= 15 is 0 Å². The summed E-state index contributed by atoms with van der Waals surface area (Å²) in [6.07, 6.45) is 1.35. The molecular formula is C16H12FN3O2. The average molecular weight is 297 g/mol. The monoisotopic (exact) mass is 297 g/mol. The number of halogens is 1. The van der Waals surface area contributed by atoms with Crippen LogP contribution >= 0.6 is 0 Å². The van der Waals surface area contributed by atoms with Crippen molar-refractivity contribution in [2.75, 3.05) is 12.1 Å². The van der Waals surface area contributed by atoms with Crippen molar-refractivity contribution in [2.24, 2.45) is 0 Å². The van der Waals surface area contributed by atoms with Crippen LogP contribution in [0, 0.1) is 5.82 Å². The first-order valence-corrected chi connectivity index (χ1v) is 6.83. The zero-order valence-corrected chi connectivity index (χ0v) is 11.5. The Balaban J connectivity index is 1.65. The number of ether oxygens (including phenoxy) is 2. The third kappa shape index (κ3) is 2.09. The highest BCUT2D eigenvalue weighted by Crippen LogP contribution is 2.35. The maximum Gasteiger partial charge on any atom is 0.231 e. The molecule has 0 aliphatic carbocycles. The fourth-order valence-electron chi connectivity index (χ4n) is 2.50. The van der Waals surface area contributed by atoms with Crippen LogP contribution < -0.4 is 14.8 Å². The van der Waals surface area contributed by atoms with Gasteiger partial charge in [-0.25, -0.2) is 14.4 Å². The molecule has 5 nitrogen and oxygen atoms in total. The Bertz CT molecular complexity index is 854. The number of fused-ring (bicyclic) bond motifs is 2. The van der Waals surface area contributed by atoms with Crippen LogP contribution in [0.25, 0.3) is 10.9 Å². The minimum Gasteiger partial charge on any atom is -0.454 e. The van der Waals surface area contributed by atoms with Gasteiger partial charge in [-0.2, -0.15) is 0 Å². The molecule has 0 unspecified atom stereocenters. The number of hydrogen-bond donors (Lipinski definition) is 1. The predicted octanol–water partition coefficient (Wildman–Crippen LogP) is 3.11. The van der Waals surface area contributed by atoms with Crippen LogP contribution in [-0.2, 0) is 6.54 Å². The second-order valence-corrected chi connectivity index (χ2v) is 4.86. The van der Waals surface area contributed by atoms with Gasteiger partial charge in [-0.1, -0.05) is 18.2 Å². The highest BCUT2D eigenvalue weighted by Gasteiger charge is 2.17. The minimum atomic E-state index is -0.361. The standard InChI is InChI=1S/C16H12FN3O2/c17-12-5-2-4-11-14(12)19-8-20-16(11)18-7-10-3-1-6-13-15(10)22-9-21-13/h1-6,8H,7,9H2,(H,18,19,20). The molecule has 22 heavy (non-hydrogen) atoms. The van der Waals surface area contributed by atoms with E-state index in [0.717, 1.165) is 17.1 Å². The highest BCUT2D eigenvalue weighted by molar-refractivity contribution is 5.89. The zero-order valence-electron chi connectivity index (χ0n) is 11.5. The van der Waals surface area contributed by atoms with Crippen LogP contribution in [0.3, 0.4) is 0 Å². The van der Waals surface area contributed by atoms with Gasteiger partial charge in [0.2, 0.25) is 6.79 Å². The maximum absolute atomic E-state index is 13.8. The summed E-state index contributed by atoms with van der Waals surface area (Å²) in [5, 5.41) is 3.85. The van der Waals surface area contributed by atoms with E-state index in [1.165, 1.54) is 12.4 Å². The molecular weight excluding hydrogens is 285 g/mol. The summed E-state index contributed by atoms with van der Waals surface area (Å²) in [6, 6.07) is 10.5. The molecule has 0 spiro atoms. The number of benzene rings is 2. The molecule has 2 heterocycles. The van der Waals surface area contributed by atoms with Crippen molar-refractivity contribution in [3.63, 3.8) is 0 Å². The molecule has 6 heteroatoms. The van der Waals surface area contributed by atoms with Gasteiger partial charge >= 0.3 is 0 Å². The quantitative estimate of drug-likeness (QED) is 0.805. The van der Waals surface area contributed by atoms with Crippen LogP contribution in [0.1, 0.15) is 5.56 Å². The molecule has 1 aliphatic heterocycles. The molecule has 0 radical (unpaired) electrons. The van der Waals surface area contributed by atoms with Crippen LogP contribution in [0.2, 0.25) is 0 Å². The molecule has 1 aliphatic rings. The molecule has 0 bridgehead atoms. The topological polar surface area (TPSA) is 56.3 Å². The molecule has 0 atom stereocenters. The fraction of sp³-hybridized carbons (Fsp3) is 0.125. The molecule has 0 saturated carbocycles. The number of nitrogens with zero attached hydrogens (tertiary/aromatic N) is 2. The lowest BCUT2D eigenvalue weighted by molar-refractivity contribution is 0.173. The van der Waals surface area contributed by atoms with Gasteiger partial charge in [-0.3, -0.25) is 0 Å². The Morgan fingerprint density at radius 2 is 2.00 bits per heavy atom. The summed E-state index contributed by atoms with van der Waals surface area (Å²) in [6.45, 7) is 0.725. The third-order valence-electron chi connectivity index (χ3n) is 3.54. The van der Waals surface area contributed by atoms with Crippen molar-refractivity contribution in [2.45, 2.75) is 6.54 Å². The van der Waals surface area contributed by atoms with Crippen molar-refractivity contribution in [1.29, 1.82) is 0 Å². The normalized spacial score (nSPS) is 12.6. The van der Waals surface area contributed by atoms with Gasteiger partial charge in [0.05, 0.1) is 0 Å². The second-order valence-electron chi connectivity index (χ2n) is 4.86. The maximum atomic E-state index is 13.8. The van der Waals surface area contributed by atoms with Gasteiger partial charge in [-0.05, 0) is 18.2 Å². The first kappa shape index (κ1) is 12.8. The number of para-hydroxylation sites is 2. The smallest absolute Gasteiger partial charge is 0.231 e. The molecule has 4 rings (SSSR count). The molecule has 1 aromatic heterocycles. The Morgan fingerprint density at radius 1 is 1.09 bits per heavy atom. The largest absolute Gasteiger partial charge is 0.454 e. The van der Waals surface area contributed by atoms with Crippen molar-refractivity contribution < 1.29 is 13.9 Å². The molecule has 1 N–H and O–H groups in total. The number of rotatable bonds is 3. The summed E-state index contributed by atoms with van der Waals surface area (Å²) in [4.78, 5) is 8.18. The van der Waals surface area contributed by atoms with Crippen LogP contribution in [0.4, 0.5) is 10.2 Å². The summed E-state index contributed by atoms with van der Waals surface area (Å²) >= 11 is 0. The number of anilines is 1. The second kappa shape index (κ2) is 5.14. The lowest BCUT2D eigenvalue weighted by Crippen LogP contribution is -2.04. The number of aromatic nitrogens is 2. The average Bonchev–Trinajstić information content (AvgIpc) is 3.02. The van der Waals surface area contributed by atoms with Crippen molar-refractivity contribution >= 4 is 16.7 Å². The Kier molecular flexibility index (Phi) is 3.00. The minimum absolute atomic E-state index is 0.230. The van der Waals surface area contributed by atoms with Crippen molar-refractivity contribution in [3.05, 3.63) is 54.1 Å². The number of nitrogens with one attached hydrogen (secondary N) is 1. The van der Waals surface area contributed by atoms with E-state index in [0.29, 0.717) is 23.3 Å². The Morgan fingerprint density at radius 3 is 2.95 bits per heavy atom. The van der Waals surface area contributed by atoms with E-state index in [1.54, 1.807) is 12.1 Å². The fourth-order valence-corrected chi connectivity index (χ4v) is 2.50. The lowest BCUT2D eigenvalue weighted by atomic mass is 10.1. The summed E-state index contributed by atoms with van der Waals surface area (Å²) < 4.78 is 24.6. The first-order chi connectivity index (χ1) is 10.8. The van der Waals surface area contributed by atoms with E-state index in [2.05, 4.69) is 15.3 Å². The predicted molar refractivity (Wildman–Crippen MR) is 79.4 cm³/mol. The van der Waals surface area contributed by atoms with E-state index in [-0.39, 0.29) is 12.6 Å². The van der Waals surface area contributed by atoms with E-state index in [9.17, 15) is 4.39 Å². The Hall–Kier alpha value is -2.89. The molecule has 2 aromatic carbocycles. The van der Waals surface area contributed by atoms with Crippen LogP contribution in [-0.4, -0.2) is 16.8 Å². The molecule has 110 valence electrons. The SMILES string of the molecule is Fc1cccc2c(NCc3cccc4c3OCO4)ncnc12. The highest BCUT2D eigenvalue weighted by atomic mass is 19.1. The summed E-state index contributed by atoms with van der Waals surface area (Å²) in [7, 11) is 0.